The summed E-state index contributed by atoms with van der Waals surface area (Å²) in [7, 11) is 1.42. The normalized spacial score (nSPS) is 22.5. The van der Waals surface area contributed by atoms with Crippen LogP contribution in [0.15, 0.2) is 0 Å². The number of rotatable bonds is 1. The zero-order valence-electron chi connectivity index (χ0n) is 12.3. The maximum Gasteiger partial charge on any atom is 0.488 e. The second-order valence-electron chi connectivity index (χ2n) is 6.47. The summed E-state index contributed by atoms with van der Waals surface area (Å²) in [5.74, 6) is 0. The van der Waals surface area contributed by atoms with Crippen LogP contribution in [0.5, 0.6) is 0 Å². The van der Waals surface area contributed by atoms with Crippen molar-refractivity contribution in [3.8, 4) is 0 Å². The van der Waals surface area contributed by atoms with Crippen molar-refractivity contribution in [3.63, 3.8) is 0 Å². The second kappa shape index (κ2) is 4.88. The van der Waals surface area contributed by atoms with E-state index in [9.17, 15) is 0 Å². The quantitative estimate of drug-likeness (QED) is 0.689. The van der Waals surface area contributed by atoms with Crippen LogP contribution in [0.4, 0.5) is 0 Å². The molecular weight excluding hydrogens is 219 g/mol. The van der Waals surface area contributed by atoms with Gasteiger partial charge in [0.15, 0.2) is 0 Å². The minimum atomic E-state index is -1.01. The molecule has 0 unspecified atom stereocenters. The van der Waals surface area contributed by atoms with Crippen molar-refractivity contribution in [2.75, 3.05) is 0 Å². The SMILES string of the molecule is CC(C)(O)C(C)(C)O.CC1(C)O[B]OC1(C)C. The highest BCUT2D eigenvalue weighted by Gasteiger charge is 2.44. The van der Waals surface area contributed by atoms with Gasteiger partial charge in [-0.25, -0.2) is 0 Å². The molecule has 1 aliphatic rings. The molecule has 1 heterocycles. The maximum absolute atomic E-state index is 9.10. The molecule has 0 aromatic heterocycles. The molecule has 0 amide bonds. The largest absolute Gasteiger partial charge is 0.488 e. The first-order valence-electron chi connectivity index (χ1n) is 5.83. The van der Waals surface area contributed by atoms with Gasteiger partial charge < -0.3 is 19.5 Å². The van der Waals surface area contributed by atoms with Gasteiger partial charge in [-0.3, -0.25) is 0 Å². The van der Waals surface area contributed by atoms with Crippen LogP contribution in [0.3, 0.4) is 0 Å². The molecule has 2 N–H and O–H groups in total. The Hall–Kier alpha value is -0.0951. The van der Waals surface area contributed by atoms with Gasteiger partial charge in [0.2, 0.25) is 0 Å². The molecule has 0 aromatic carbocycles. The van der Waals surface area contributed by atoms with Gasteiger partial charge in [0.1, 0.15) is 0 Å². The van der Waals surface area contributed by atoms with E-state index in [0.717, 1.165) is 0 Å². The second-order valence-corrected chi connectivity index (χ2v) is 6.47. The molecule has 1 saturated heterocycles. The number of hydrogen-bond donors (Lipinski definition) is 2. The Morgan fingerprint density at radius 2 is 1.00 bits per heavy atom. The van der Waals surface area contributed by atoms with Crippen molar-refractivity contribution in [1.29, 1.82) is 0 Å². The molecule has 0 aliphatic carbocycles. The van der Waals surface area contributed by atoms with E-state index in [1.807, 2.05) is 27.7 Å². The molecule has 0 bridgehead atoms. The highest BCUT2D eigenvalue weighted by atomic mass is 16.7. The zero-order valence-corrected chi connectivity index (χ0v) is 12.3. The Balaban J connectivity index is 0.000000304. The molecular formula is C12H26BO4. The van der Waals surface area contributed by atoms with Crippen molar-refractivity contribution >= 4 is 7.69 Å². The van der Waals surface area contributed by atoms with Crippen LogP contribution >= 0.6 is 0 Å². The van der Waals surface area contributed by atoms with Crippen LogP contribution in [0, 0.1) is 0 Å². The molecule has 17 heavy (non-hydrogen) atoms. The summed E-state index contributed by atoms with van der Waals surface area (Å²) >= 11 is 0. The molecule has 0 spiro atoms. The van der Waals surface area contributed by atoms with Gasteiger partial charge in [0, 0.05) is 0 Å². The van der Waals surface area contributed by atoms with Crippen molar-refractivity contribution in [3.05, 3.63) is 0 Å². The monoisotopic (exact) mass is 245 g/mol. The number of hydrogen-bond acceptors (Lipinski definition) is 4. The predicted molar refractivity (Wildman–Crippen MR) is 68.7 cm³/mol. The lowest BCUT2D eigenvalue weighted by molar-refractivity contribution is -0.107. The van der Waals surface area contributed by atoms with E-state index >= 15 is 0 Å². The third-order valence-corrected chi connectivity index (χ3v) is 3.63. The third kappa shape index (κ3) is 4.58. The first kappa shape index (κ1) is 16.9. The lowest BCUT2D eigenvalue weighted by atomic mass is 9.90. The van der Waals surface area contributed by atoms with Crippen LogP contribution in [0.2, 0.25) is 0 Å². The fraction of sp³-hybridized carbons (Fsp3) is 1.00. The number of aliphatic hydroxyl groups is 2. The summed E-state index contributed by atoms with van der Waals surface area (Å²) in [5, 5.41) is 18.2. The molecule has 5 heteroatoms. The van der Waals surface area contributed by atoms with Crippen LogP contribution in [-0.2, 0) is 9.31 Å². The molecule has 1 aliphatic heterocycles. The zero-order chi connectivity index (χ0) is 14.1. The molecule has 1 rings (SSSR count). The summed E-state index contributed by atoms with van der Waals surface area (Å²) in [6.45, 7) is 14.3. The first-order chi connectivity index (χ1) is 7.21. The minimum absolute atomic E-state index is 0.187. The Morgan fingerprint density at radius 3 is 1.06 bits per heavy atom. The van der Waals surface area contributed by atoms with E-state index in [-0.39, 0.29) is 11.2 Å². The molecule has 101 valence electrons. The van der Waals surface area contributed by atoms with Crippen LogP contribution in [-0.4, -0.2) is 40.3 Å². The van der Waals surface area contributed by atoms with E-state index in [1.54, 1.807) is 27.7 Å². The van der Waals surface area contributed by atoms with E-state index in [0.29, 0.717) is 0 Å². The smallest absolute Gasteiger partial charge is 0.405 e. The van der Waals surface area contributed by atoms with Gasteiger partial charge in [-0.2, -0.15) is 0 Å². The van der Waals surface area contributed by atoms with Gasteiger partial charge >= 0.3 is 7.69 Å². The summed E-state index contributed by atoms with van der Waals surface area (Å²) in [5.41, 5.74) is -2.39. The predicted octanol–water partition coefficient (Wildman–Crippen LogP) is 1.65. The summed E-state index contributed by atoms with van der Waals surface area (Å²) < 4.78 is 10.4. The Bertz CT molecular complexity index is 222. The highest BCUT2D eigenvalue weighted by Crippen LogP contribution is 2.33. The van der Waals surface area contributed by atoms with E-state index < -0.39 is 11.2 Å². The van der Waals surface area contributed by atoms with E-state index in [4.69, 9.17) is 19.5 Å². The van der Waals surface area contributed by atoms with Crippen molar-refractivity contribution in [2.45, 2.75) is 77.8 Å². The van der Waals surface area contributed by atoms with Crippen LogP contribution < -0.4 is 0 Å². The first-order valence-corrected chi connectivity index (χ1v) is 5.83. The topological polar surface area (TPSA) is 58.9 Å². The Kier molecular flexibility index (Phi) is 4.85. The standard InChI is InChI=1S/C6H12BO2.C6H14O2/c1-5(2)6(3,4)9-7-8-5;1-5(2,7)6(3,4)8/h1-4H3;7-8H,1-4H3. The van der Waals surface area contributed by atoms with Gasteiger partial charge in [-0.1, -0.05) is 0 Å². The summed E-state index contributed by atoms with van der Waals surface area (Å²) in [4.78, 5) is 0. The lowest BCUT2D eigenvalue weighted by Gasteiger charge is -2.32. The molecule has 0 aromatic rings. The summed E-state index contributed by atoms with van der Waals surface area (Å²) in [6.07, 6.45) is 0. The van der Waals surface area contributed by atoms with Crippen LogP contribution in [0.1, 0.15) is 55.4 Å². The highest BCUT2D eigenvalue weighted by molar-refractivity contribution is 6.19. The average Bonchev–Trinajstić information content (AvgIpc) is 2.21. The van der Waals surface area contributed by atoms with Gasteiger partial charge in [-0.15, -0.1) is 0 Å². The van der Waals surface area contributed by atoms with Crippen molar-refractivity contribution < 1.29 is 19.5 Å². The van der Waals surface area contributed by atoms with Crippen molar-refractivity contribution in [2.24, 2.45) is 0 Å². The average molecular weight is 245 g/mol. The van der Waals surface area contributed by atoms with E-state index in [1.165, 1.54) is 7.69 Å². The Morgan fingerprint density at radius 1 is 0.765 bits per heavy atom. The van der Waals surface area contributed by atoms with E-state index in [2.05, 4.69) is 0 Å². The molecule has 1 fully saturated rings. The van der Waals surface area contributed by atoms with Gasteiger partial charge in [0.05, 0.1) is 22.4 Å². The fourth-order valence-electron chi connectivity index (χ4n) is 0.548. The molecule has 0 saturated carbocycles. The molecule has 1 radical (unpaired) electrons. The maximum atomic E-state index is 9.10. The molecule has 0 atom stereocenters. The lowest BCUT2D eigenvalue weighted by Crippen LogP contribution is -2.44. The summed E-state index contributed by atoms with van der Waals surface area (Å²) in [6, 6.07) is 0. The van der Waals surface area contributed by atoms with Gasteiger partial charge in [-0.05, 0) is 55.4 Å². The van der Waals surface area contributed by atoms with Gasteiger partial charge in [0.25, 0.3) is 0 Å². The van der Waals surface area contributed by atoms with Crippen LogP contribution in [0.25, 0.3) is 0 Å². The fourth-order valence-corrected chi connectivity index (χ4v) is 0.548. The third-order valence-electron chi connectivity index (χ3n) is 3.63. The minimum Gasteiger partial charge on any atom is -0.405 e. The molecule has 4 nitrogen and oxygen atoms in total. The Labute approximate surface area is 106 Å². The van der Waals surface area contributed by atoms with Crippen molar-refractivity contribution in [1.82, 2.24) is 0 Å².